The lowest BCUT2D eigenvalue weighted by molar-refractivity contribution is -0.140. The smallest absolute Gasteiger partial charge is 0.264 e. The number of methoxy groups -OCH3 is 2. The summed E-state index contributed by atoms with van der Waals surface area (Å²) in [4.78, 5) is 29.5. The maximum Gasteiger partial charge on any atom is 0.264 e. The average molecular weight is 685 g/mol. The Kier molecular flexibility index (Phi) is 11.9. The molecule has 0 fully saturated rings. The highest BCUT2D eigenvalue weighted by molar-refractivity contribution is 7.92. The number of anilines is 1. The first-order valence-corrected chi connectivity index (χ1v) is 16.6. The van der Waals surface area contributed by atoms with Gasteiger partial charge >= 0.3 is 0 Å². The topological polar surface area (TPSA) is 105 Å². The molecular weight excluding hydrogens is 649 g/mol. The highest BCUT2D eigenvalue weighted by Crippen LogP contribution is 2.33. The van der Waals surface area contributed by atoms with Gasteiger partial charge in [-0.25, -0.2) is 8.42 Å². The van der Waals surface area contributed by atoms with Crippen LogP contribution in [0.2, 0.25) is 10.0 Å². The van der Waals surface area contributed by atoms with Crippen LogP contribution in [0.15, 0.2) is 102 Å². The number of benzene rings is 4. The number of rotatable bonds is 14. The molecule has 0 aliphatic heterocycles. The molecule has 4 aromatic rings. The van der Waals surface area contributed by atoms with E-state index in [2.05, 4.69) is 5.32 Å². The molecule has 0 aromatic heterocycles. The minimum absolute atomic E-state index is 0.0489. The summed E-state index contributed by atoms with van der Waals surface area (Å²) in [6.07, 6.45) is 0.180. The van der Waals surface area contributed by atoms with E-state index < -0.39 is 28.5 Å². The monoisotopic (exact) mass is 683 g/mol. The van der Waals surface area contributed by atoms with Crippen LogP contribution >= 0.6 is 23.2 Å². The summed E-state index contributed by atoms with van der Waals surface area (Å²) < 4.78 is 40.2. The number of likely N-dealkylation sites (N-methyl/N-ethyl adjacent to an activating group) is 1. The fourth-order valence-corrected chi connectivity index (χ4v) is 6.65. The number of hydrogen-bond donors (Lipinski definition) is 1. The maximum atomic E-state index is 14.5. The van der Waals surface area contributed by atoms with Gasteiger partial charge in [-0.2, -0.15) is 0 Å². The molecule has 2 amide bonds. The van der Waals surface area contributed by atoms with E-state index in [9.17, 15) is 18.0 Å². The van der Waals surface area contributed by atoms with Gasteiger partial charge in [0, 0.05) is 19.5 Å². The number of nitrogens with zero attached hydrogens (tertiary/aromatic N) is 2. The second-order valence-electron chi connectivity index (χ2n) is 10.2. The minimum atomic E-state index is -4.33. The number of para-hydroxylation sites is 2. The molecule has 0 saturated carbocycles. The Balaban J connectivity index is 1.83. The Morgan fingerprint density at radius 2 is 1.50 bits per heavy atom. The van der Waals surface area contributed by atoms with Crippen LogP contribution in [0, 0.1) is 0 Å². The number of carbonyl (C=O) groups is 2. The standard InChI is InChI=1S/C34H35Cl2N3O6S/c1-4-37-34(41)31(21-24-10-6-5-7-11-24)38(22-25-14-19-28(35)29(36)20-25)33(40)23-39(30-12-8-9-13-32(30)45-3)46(42,43)27-17-15-26(44-2)16-18-27/h5-20,31H,4,21-23H2,1-3H3,(H,37,41)/t31-/m1/s1. The third-order valence-corrected chi connectivity index (χ3v) is 9.75. The molecule has 4 aromatic carbocycles. The van der Waals surface area contributed by atoms with Crippen LogP contribution in [0.3, 0.4) is 0 Å². The SMILES string of the molecule is CCNC(=O)[C@@H](Cc1ccccc1)N(Cc1ccc(Cl)c(Cl)c1)C(=O)CN(c1ccccc1OC)S(=O)(=O)c1ccc(OC)cc1. The fraction of sp³-hybridized carbons (Fsp3) is 0.235. The van der Waals surface area contributed by atoms with Crippen molar-refractivity contribution in [3.05, 3.63) is 118 Å². The molecule has 4 rings (SSSR count). The van der Waals surface area contributed by atoms with Crippen molar-refractivity contribution in [2.24, 2.45) is 0 Å². The van der Waals surface area contributed by atoms with Gasteiger partial charge in [-0.15, -0.1) is 0 Å². The van der Waals surface area contributed by atoms with Crippen LogP contribution in [-0.4, -0.2) is 58.5 Å². The molecule has 0 heterocycles. The van der Waals surface area contributed by atoms with Crippen molar-refractivity contribution >= 4 is 50.7 Å². The number of carbonyl (C=O) groups excluding carboxylic acids is 2. The van der Waals surface area contributed by atoms with Gasteiger partial charge < -0.3 is 19.7 Å². The molecule has 0 unspecified atom stereocenters. The first kappa shape index (κ1) is 34.6. The summed E-state index contributed by atoms with van der Waals surface area (Å²) in [5.74, 6) is -0.298. The Morgan fingerprint density at radius 1 is 0.826 bits per heavy atom. The molecule has 0 spiro atoms. The summed E-state index contributed by atoms with van der Waals surface area (Å²) in [7, 11) is -1.43. The highest BCUT2D eigenvalue weighted by Gasteiger charge is 2.35. The van der Waals surface area contributed by atoms with Gasteiger partial charge in [0.25, 0.3) is 10.0 Å². The van der Waals surface area contributed by atoms with Crippen LogP contribution < -0.4 is 19.1 Å². The molecular formula is C34H35Cl2N3O6S. The van der Waals surface area contributed by atoms with Crippen molar-refractivity contribution in [1.82, 2.24) is 10.2 Å². The van der Waals surface area contributed by atoms with E-state index in [-0.39, 0.29) is 40.2 Å². The van der Waals surface area contributed by atoms with Crippen LogP contribution in [0.4, 0.5) is 5.69 Å². The van der Waals surface area contributed by atoms with Gasteiger partial charge in [-0.05, 0) is 66.6 Å². The normalized spacial score (nSPS) is 11.8. The summed E-state index contributed by atoms with van der Waals surface area (Å²) in [5.41, 5.74) is 1.58. The van der Waals surface area contributed by atoms with Crippen LogP contribution in [0.25, 0.3) is 0 Å². The summed E-state index contributed by atoms with van der Waals surface area (Å²) in [5, 5.41) is 3.45. The van der Waals surface area contributed by atoms with Crippen molar-refractivity contribution < 1.29 is 27.5 Å². The maximum absolute atomic E-state index is 14.5. The molecule has 9 nitrogen and oxygen atoms in total. The predicted octanol–water partition coefficient (Wildman–Crippen LogP) is 5.98. The minimum Gasteiger partial charge on any atom is -0.497 e. The van der Waals surface area contributed by atoms with E-state index in [4.69, 9.17) is 32.7 Å². The molecule has 46 heavy (non-hydrogen) atoms. The van der Waals surface area contributed by atoms with E-state index in [1.165, 1.54) is 43.4 Å². The quantitative estimate of drug-likeness (QED) is 0.175. The zero-order valence-electron chi connectivity index (χ0n) is 25.7. The number of halogens is 2. The van der Waals surface area contributed by atoms with Gasteiger partial charge in [0.1, 0.15) is 24.1 Å². The Morgan fingerprint density at radius 3 is 2.13 bits per heavy atom. The van der Waals surface area contributed by atoms with E-state index in [0.29, 0.717) is 22.9 Å². The fourth-order valence-electron chi connectivity index (χ4n) is 4.90. The van der Waals surface area contributed by atoms with E-state index in [1.54, 1.807) is 49.4 Å². The van der Waals surface area contributed by atoms with Crippen molar-refractivity contribution in [2.75, 3.05) is 31.6 Å². The van der Waals surface area contributed by atoms with Gasteiger partial charge in [0.05, 0.1) is 34.8 Å². The van der Waals surface area contributed by atoms with Crippen molar-refractivity contribution in [2.45, 2.75) is 30.8 Å². The van der Waals surface area contributed by atoms with Gasteiger partial charge in [0.15, 0.2) is 0 Å². The molecule has 12 heteroatoms. The molecule has 0 radical (unpaired) electrons. The third kappa shape index (κ3) is 8.31. The zero-order valence-corrected chi connectivity index (χ0v) is 28.0. The Labute approximate surface area is 279 Å². The molecule has 0 aliphatic carbocycles. The summed E-state index contributed by atoms with van der Waals surface area (Å²) >= 11 is 12.5. The van der Waals surface area contributed by atoms with E-state index in [1.807, 2.05) is 30.3 Å². The van der Waals surface area contributed by atoms with Crippen molar-refractivity contribution in [3.63, 3.8) is 0 Å². The number of sulfonamides is 1. The van der Waals surface area contributed by atoms with E-state index in [0.717, 1.165) is 9.87 Å². The third-order valence-electron chi connectivity index (χ3n) is 7.24. The zero-order chi connectivity index (χ0) is 33.3. The van der Waals surface area contributed by atoms with Crippen LogP contribution in [0.1, 0.15) is 18.1 Å². The lowest BCUT2D eigenvalue weighted by Crippen LogP contribution is -2.53. The highest BCUT2D eigenvalue weighted by atomic mass is 35.5. The van der Waals surface area contributed by atoms with E-state index >= 15 is 0 Å². The van der Waals surface area contributed by atoms with Crippen LogP contribution in [-0.2, 0) is 32.6 Å². The molecule has 0 bridgehead atoms. The second kappa shape index (κ2) is 15.8. The van der Waals surface area contributed by atoms with Gasteiger partial charge in [-0.3, -0.25) is 13.9 Å². The number of amides is 2. The average Bonchev–Trinajstić information content (AvgIpc) is 3.07. The number of hydrogen-bond acceptors (Lipinski definition) is 6. The molecule has 0 saturated heterocycles. The van der Waals surface area contributed by atoms with Crippen molar-refractivity contribution in [1.29, 1.82) is 0 Å². The Bertz CT molecular complexity index is 1750. The molecule has 0 aliphatic rings. The molecule has 1 N–H and O–H groups in total. The van der Waals surface area contributed by atoms with Gasteiger partial charge in [-0.1, -0.05) is 71.7 Å². The van der Waals surface area contributed by atoms with Crippen LogP contribution in [0.5, 0.6) is 11.5 Å². The predicted molar refractivity (Wildman–Crippen MR) is 180 cm³/mol. The Hall–Kier alpha value is -4.25. The summed E-state index contributed by atoms with van der Waals surface area (Å²) in [6, 6.07) is 25.6. The van der Waals surface area contributed by atoms with Crippen molar-refractivity contribution in [3.8, 4) is 11.5 Å². The summed E-state index contributed by atoms with van der Waals surface area (Å²) in [6.45, 7) is 1.43. The molecule has 242 valence electrons. The number of nitrogens with one attached hydrogen (secondary N) is 1. The lowest BCUT2D eigenvalue weighted by atomic mass is 10.0. The second-order valence-corrected chi connectivity index (χ2v) is 12.9. The van der Waals surface area contributed by atoms with Gasteiger partial charge in [0.2, 0.25) is 11.8 Å². The number of ether oxygens (including phenoxy) is 2. The molecule has 1 atom stereocenters. The first-order valence-electron chi connectivity index (χ1n) is 14.4. The largest absolute Gasteiger partial charge is 0.497 e. The first-order chi connectivity index (χ1) is 22.1. The lowest BCUT2D eigenvalue weighted by Gasteiger charge is -2.34.